The van der Waals surface area contributed by atoms with E-state index < -0.39 is 0 Å². The van der Waals surface area contributed by atoms with Crippen LogP contribution in [0.1, 0.15) is 17.5 Å². The average molecular weight is 304 g/mol. The summed E-state index contributed by atoms with van der Waals surface area (Å²) in [7, 11) is 0. The normalized spacial score (nSPS) is 10.5. The number of hydrogen-bond donors (Lipinski definition) is 2. The average Bonchev–Trinajstić information content (AvgIpc) is 2.52. The molecule has 0 saturated heterocycles. The van der Waals surface area contributed by atoms with Gasteiger partial charge in [-0.05, 0) is 23.8 Å². The van der Waals surface area contributed by atoms with Crippen LogP contribution >= 0.6 is 0 Å². The van der Waals surface area contributed by atoms with Crippen LogP contribution in [0.3, 0.4) is 0 Å². The van der Waals surface area contributed by atoms with Crippen LogP contribution in [0.4, 0.5) is 8.78 Å². The fourth-order valence-electron chi connectivity index (χ4n) is 1.96. The van der Waals surface area contributed by atoms with Crippen LogP contribution in [0, 0.1) is 11.6 Å². The van der Waals surface area contributed by atoms with Crippen molar-refractivity contribution in [1.29, 1.82) is 0 Å². The number of halogens is 2. The Hall–Kier alpha value is -2.27. The second-order valence-corrected chi connectivity index (χ2v) is 4.92. The molecule has 0 spiro atoms. The van der Waals surface area contributed by atoms with E-state index in [9.17, 15) is 13.6 Å². The Labute approximate surface area is 128 Å². The summed E-state index contributed by atoms with van der Waals surface area (Å²) in [5.41, 5.74) is 1.42. The second-order valence-electron chi connectivity index (χ2n) is 4.92. The molecule has 2 N–H and O–H groups in total. The maximum absolute atomic E-state index is 13.4. The fourth-order valence-corrected chi connectivity index (χ4v) is 1.96. The van der Waals surface area contributed by atoms with Crippen molar-refractivity contribution in [2.45, 2.75) is 19.5 Å². The molecule has 0 bridgehead atoms. The zero-order valence-corrected chi connectivity index (χ0v) is 12.1. The number of hydrogen-bond acceptors (Lipinski definition) is 2. The highest BCUT2D eigenvalue weighted by Crippen LogP contribution is 2.05. The molecule has 0 unspecified atom stereocenters. The summed E-state index contributed by atoms with van der Waals surface area (Å²) < 4.78 is 26.1. The first-order valence-electron chi connectivity index (χ1n) is 7.10. The molecular weight excluding hydrogens is 286 g/mol. The highest BCUT2D eigenvalue weighted by molar-refractivity contribution is 5.76. The van der Waals surface area contributed by atoms with E-state index in [2.05, 4.69) is 10.6 Å². The van der Waals surface area contributed by atoms with E-state index in [1.807, 2.05) is 0 Å². The van der Waals surface area contributed by atoms with E-state index in [4.69, 9.17) is 0 Å². The Kier molecular flexibility index (Phi) is 6.03. The molecule has 1 amide bonds. The van der Waals surface area contributed by atoms with Gasteiger partial charge in [0.2, 0.25) is 5.91 Å². The smallest absolute Gasteiger partial charge is 0.221 e. The highest BCUT2D eigenvalue weighted by Gasteiger charge is 2.03. The minimum absolute atomic E-state index is 0.106. The maximum atomic E-state index is 13.4. The van der Waals surface area contributed by atoms with Crippen molar-refractivity contribution < 1.29 is 13.6 Å². The molecule has 22 heavy (non-hydrogen) atoms. The van der Waals surface area contributed by atoms with Gasteiger partial charge < -0.3 is 10.6 Å². The largest absolute Gasteiger partial charge is 0.352 e. The van der Waals surface area contributed by atoms with Gasteiger partial charge in [0.25, 0.3) is 0 Å². The molecular formula is C17H18F2N2O. The highest BCUT2D eigenvalue weighted by atomic mass is 19.1. The van der Waals surface area contributed by atoms with E-state index >= 15 is 0 Å². The van der Waals surface area contributed by atoms with E-state index in [1.54, 1.807) is 30.3 Å². The Morgan fingerprint density at radius 1 is 0.955 bits per heavy atom. The molecule has 0 aliphatic carbocycles. The maximum Gasteiger partial charge on any atom is 0.221 e. The molecule has 0 aliphatic heterocycles. The summed E-state index contributed by atoms with van der Waals surface area (Å²) in [4.78, 5) is 11.7. The van der Waals surface area contributed by atoms with Crippen LogP contribution in [0.15, 0.2) is 48.5 Å². The summed E-state index contributed by atoms with van der Waals surface area (Å²) in [6.07, 6.45) is 0.301. The molecule has 0 radical (unpaired) electrons. The lowest BCUT2D eigenvalue weighted by Crippen LogP contribution is -2.27. The van der Waals surface area contributed by atoms with Crippen molar-refractivity contribution >= 4 is 5.91 Å². The molecule has 2 rings (SSSR count). The van der Waals surface area contributed by atoms with Crippen molar-refractivity contribution in [2.24, 2.45) is 0 Å². The third-order valence-corrected chi connectivity index (χ3v) is 3.21. The van der Waals surface area contributed by atoms with E-state index in [-0.39, 0.29) is 17.5 Å². The van der Waals surface area contributed by atoms with Crippen LogP contribution in [-0.4, -0.2) is 12.5 Å². The molecule has 2 aromatic rings. The minimum atomic E-state index is -0.299. The van der Waals surface area contributed by atoms with Gasteiger partial charge in [-0.3, -0.25) is 4.79 Å². The topological polar surface area (TPSA) is 41.1 Å². The van der Waals surface area contributed by atoms with Gasteiger partial charge in [0.05, 0.1) is 0 Å². The van der Waals surface area contributed by atoms with Crippen LogP contribution in [0.2, 0.25) is 0 Å². The summed E-state index contributed by atoms with van der Waals surface area (Å²) in [6, 6.07) is 12.5. The van der Waals surface area contributed by atoms with Gasteiger partial charge >= 0.3 is 0 Å². The van der Waals surface area contributed by atoms with Gasteiger partial charge in [-0.1, -0.05) is 30.3 Å². The second kappa shape index (κ2) is 8.24. The van der Waals surface area contributed by atoms with Gasteiger partial charge in [0.15, 0.2) is 0 Å². The van der Waals surface area contributed by atoms with Gasteiger partial charge in [-0.2, -0.15) is 0 Å². The third-order valence-electron chi connectivity index (χ3n) is 3.21. The first-order chi connectivity index (χ1) is 10.6. The molecule has 2 aromatic carbocycles. The fraction of sp³-hybridized carbons (Fsp3) is 0.235. The Morgan fingerprint density at radius 2 is 1.68 bits per heavy atom. The van der Waals surface area contributed by atoms with Gasteiger partial charge in [-0.25, -0.2) is 8.78 Å². The van der Waals surface area contributed by atoms with Crippen LogP contribution in [-0.2, 0) is 17.9 Å². The molecule has 0 saturated carbocycles. The standard InChI is InChI=1S/C17H18F2N2O/c18-15-7-5-13(6-8-15)11-21-17(22)9-10-20-12-14-3-1-2-4-16(14)19/h1-8,20H,9-12H2,(H,21,22). The first kappa shape index (κ1) is 16.1. The van der Waals surface area contributed by atoms with Gasteiger partial charge in [0, 0.05) is 31.6 Å². The van der Waals surface area contributed by atoms with Crippen molar-refractivity contribution in [3.8, 4) is 0 Å². The Morgan fingerprint density at radius 3 is 2.41 bits per heavy atom. The van der Waals surface area contributed by atoms with Crippen molar-refractivity contribution in [3.05, 3.63) is 71.3 Å². The number of rotatable bonds is 7. The Bertz CT molecular complexity index is 614. The number of benzene rings is 2. The molecule has 116 valence electrons. The lowest BCUT2D eigenvalue weighted by Gasteiger charge is -2.07. The molecule has 0 heterocycles. The summed E-state index contributed by atoms with van der Waals surface area (Å²) in [5.74, 6) is -0.659. The van der Waals surface area contributed by atoms with E-state index in [0.29, 0.717) is 31.6 Å². The van der Waals surface area contributed by atoms with E-state index in [0.717, 1.165) is 5.56 Å². The zero-order valence-electron chi connectivity index (χ0n) is 12.1. The van der Waals surface area contributed by atoms with Crippen LogP contribution < -0.4 is 10.6 Å². The molecule has 0 atom stereocenters. The minimum Gasteiger partial charge on any atom is -0.352 e. The number of nitrogens with one attached hydrogen (secondary N) is 2. The lowest BCUT2D eigenvalue weighted by atomic mass is 10.2. The SMILES string of the molecule is O=C(CCNCc1ccccc1F)NCc1ccc(F)cc1. The summed E-state index contributed by atoms with van der Waals surface area (Å²) in [6.45, 7) is 1.22. The Balaban J connectivity index is 1.64. The van der Waals surface area contributed by atoms with E-state index in [1.165, 1.54) is 18.2 Å². The molecule has 5 heteroatoms. The zero-order chi connectivity index (χ0) is 15.8. The number of amides is 1. The first-order valence-corrected chi connectivity index (χ1v) is 7.10. The molecule has 3 nitrogen and oxygen atoms in total. The number of carbonyl (C=O) groups excluding carboxylic acids is 1. The third kappa shape index (κ3) is 5.26. The van der Waals surface area contributed by atoms with Gasteiger partial charge in [0.1, 0.15) is 11.6 Å². The van der Waals surface area contributed by atoms with Crippen LogP contribution in [0.5, 0.6) is 0 Å². The predicted octanol–water partition coefficient (Wildman–Crippen LogP) is 2.76. The molecule has 0 aromatic heterocycles. The number of carbonyl (C=O) groups is 1. The van der Waals surface area contributed by atoms with Crippen molar-refractivity contribution in [1.82, 2.24) is 10.6 Å². The monoisotopic (exact) mass is 304 g/mol. The van der Waals surface area contributed by atoms with Crippen molar-refractivity contribution in [2.75, 3.05) is 6.54 Å². The summed E-state index contributed by atoms with van der Waals surface area (Å²) >= 11 is 0. The molecule has 0 fully saturated rings. The summed E-state index contributed by atoms with van der Waals surface area (Å²) in [5, 5.41) is 5.78. The van der Waals surface area contributed by atoms with Gasteiger partial charge in [-0.15, -0.1) is 0 Å². The lowest BCUT2D eigenvalue weighted by molar-refractivity contribution is -0.121. The van der Waals surface area contributed by atoms with Crippen molar-refractivity contribution in [3.63, 3.8) is 0 Å². The van der Waals surface area contributed by atoms with Crippen LogP contribution in [0.25, 0.3) is 0 Å². The molecule has 0 aliphatic rings. The predicted molar refractivity (Wildman–Crippen MR) is 81.0 cm³/mol. The quantitative estimate of drug-likeness (QED) is 0.772.